The molecule has 0 aliphatic rings. The van der Waals surface area contributed by atoms with Crippen LogP contribution in [0, 0.1) is 0 Å². The Labute approximate surface area is 103 Å². The summed E-state index contributed by atoms with van der Waals surface area (Å²) in [4.78, 5) is 11.4. The van der Waals surface area contributed by atoms with Crippen LogP contribution in [0.25, 0.3) is 0 Å². The van der Waals surface area contributed by atoms with E-state index in [2.05, 4.69) is 6.92 Å². The molecule has 1 atom stereocenters. The molecule has 0 fully saturated rings. The lowest BCUT2D eigenvalue weighted by Crippen LogP contribution is -2.10. The molecule has 3 heteroatoms. The lowest BCUT2D eigenvalue weighted by Gasteiger charge is -2.10. The summed E-state index contributed by atoms with van der Waals surface area (Å²) in [5.74, 6) is 0.397. The van der Waals surface area contributed by atoms with Gasteiger partial charge in [0.2, 0.25) is 0 Å². The highest BCUT2D eigenvalue weighted by Crippen LogP contribution is 2.20. The average Bonchev–Trinajstić information content (AvgIpc) is 2.38. The van der Waals surface area contributed by atoms with Gasteiger partial charge in [-0.1, -0.05) is 25.5 Å². The van der Waals surface area contributed by atoms with Gasteiger partial charge in [0.15, 0.2) is 0 Å². The number of hydrogen-bond acceptors (Lipinski definition) is 3. The summed E-state index contributed by atoms with van der Waals surface area (Å²) in [5.41, 5.74) is 0.944. The summed E-state index contributed by atoms with van der Waals surface area (Å²) in [5, 5.41) is 0. The van der Waals surface area contributed by atoms with Crippen molar-refractivity contribution in [3.63, 3.8) is 0 Å². The molecule has 1 rings (SSSR count). The number of carbonyl (C=O) groups excluding carboxylic acids is 1. The summed E-state index contributed by atoms with van der Waals surface area (Å²) in [6.07, 6.45) is 2.18. The van der Waals surface area contributed by atoms with Crippen molar-refractivity contribution < 1.29 is 14.3 Å². The molecule has 0 aliphatic carbocycles. The summed E-state index contributed by atoms with van der Waals surface area (Å²) in [6.45, 7) is 4.70. The molecule has 17 heavy (non-hydrogen) atoms. The minimum atomic E-state index is -0.232. The molecule has 0 unspecified atom stereocenters. The van der Waals surface area contributed by atoms with Crippen LogP contribution in [0.15, 0.2) is 24.3 Å². The minimum Gasteiger partial charge on any atom is -0.494 e. The first-order chi connectivity index (χ1) is 8.19. The lowest BCUT2D eigenvalue weighted by molar-refractivity contribution is -0.141. The monoisotopic (exact) mass is 236 g/mol. The summed E-state index contributed by atoms with van der Waals surface area (Å²) in [7, 11) is 1.40. The van der Waals surface area contributed by atoms with E-state index in [1.165, 1.54) is 7.11 Å². The zero-order valence-electron chi connectivity index (χ0n) is 10.7. The fourth-order valence-corrected chi connectivity index (χ4v) is 1.50. The highest BCUT2D eigenvalue weighted by Gasteiger charge is 2.15. The van der Waals surface area contributed by atoms with Crippen LogP contribution < -0.4 is 4.74 Å². The number of rotatable bonds is 6. The molecule has 0 heterocycles. The quantitative estimate of drug-likeness (QED) is 0.562. The van der Waals surface area contributed by atoms with Gasteiger partial charge >= 0.3 is 5.97 Å². The van der Waals surface area contributed by atoms with Crippen molar-refractivity contribution in [2.75, 3.05) is 13.7 Å². The van der Waals surface area contributed by atoms with Crippen molar-refractivity contribution in [3.8, 4) is 5.75 Å². The van der Waals surface area contributed by atoms with Crippen molar-refractivity contribution in [2.24, 2.45) is 0 Å². The van der Waals surface area contributed by atoms with E-state index in [4.69, 9.17) is 9.47 Å². The van der Waals surface area contributed by atoms with Gasteiger partial charge in [0.25, 0.3) is 0 Å². The normalized spacial score (nSPS) is 11.9. The van der Waals surface area contributed by atoms with Gasteiger partial charge in [-0.25, -0.2) is 0 Å². The van der Waals surface area contributed by atoms with Gasteiger partial charge < -0.3 is 9.47 Å². The Kier molecular flexibility index (Phi) is 5.53. The lowest BCUT2D eigenvalue weighted by atomic mass is 10.0. The van der Waals surface area contributed by atoms with Gasteiger partial charge in [0.05, 0.1) is 19.6 Å². The Bertz CT molecular complexity index is 343. The predicted molar refractivity (Wildman–Crippen MR) is 67.3 cm³/mol. The van der Waals surface area contributed by atoms with E-state index < -0.39 is 0 Å². The Morgan fingerprint density at radius 2 is 1.94 bits per heavy atom. The fourth-order valence-electron chi connectivity index (χ4n) is 1.50. The van der Waals surface area contributed by atoms with Crippen LogP contribution in [-0.4, -0.2) is 19.7 Å². The molecule has 94 valence electrons. The Balaban J connectivity index is 2.58. The predicted octanol–water partition coefficient (Wildman–Crippen LogP) is 3.14. The zero-order chi connectivity index (χ0) is 12.7. The van der Waals surface area contributed by atoms with E-state index in [0.29, 0.717) is 0 Å². The van der Waals surface area contributed by atoms with Crippen molar-refractivity contribution in [1.82, 2.24) is 0 Å². The molecule has 3 nitrogen and oxygen atoms in total. The molecule has 0 bridgehead atoms. The molecule has 0 aromatic heterocycles. The molecule has 0 aliphatic heterocycles. The molecule has 0 N–H and O–H groups in total. The van der Waals surface area contributed by atoms with Crippen LogP contribution >= 0.6 is 0 Å². The fraction of sp³-hybridized carbons (Fsp3) is 0.500. The molecular formula is C14H20O3. The van der Waals surface area contributed by atoms with Gasteiger partial charge in [-0.05, 0) is 31.0 Å². The molecule has 1 aromatic rings. The van der Waals surface area contributed by atoms with Crippen molar-refractivity contribution in [3.05, 3.63) is 29.8 Å². The first kappa shape index (κ1) is 13.6. The average molecular weight is 236 g/mol. The van der Waals surface area contributed by atoms with Crippen molar-refractivity contribution in [1.29, 1.82) is 0 Å². The third kappa shape index (κ3) is 4.10. The van der Waals surface area contributed by atoms with Gasteiger partial charge in [-0.3, -0.25) is 4.79 Å². The van der Waals surface area contributed by atoms with Gasteiger partial charge in [-0.15, -0.1) is 0 Å². The highest BCUT2D eigenvalue weighted by atomic mass is 16.5. The standard InChI is InChI=1S/C14H20O3/c1-4-5-10-17-13-8-6-12(7-9-13)11(2)14(15)16-3/h6-9,11H,4-5,10H2,1-3H3/t11-/m1/s1. The van der Waals surface area contributed by atoms with E-state index in [0.717, 1.165) is 30.8 Å². The topological polar surface area (TPSA) is 35.5 Å². The highest BCUT2D eigenvalue weighted by molar-refractivity contribution is 5.77. The Hall–Kier alpha value is -1.51. The second-order valence-electron chi connectivity index (χ2n) is 4.02. The SMILES string of the molecule is CCCCOc1ccc([C@@H](C)C(=O)OC)cc1. The van der Waals surface area contributed by atoms with Crippen LogP contribution in [0.1, 0.15) is 38.2 Å². The first-order valence-corrected chi connectivity index (χ1v) is 5.99. The van der Waals surface area contributed by atoms with E-state index in [-0.39, 0.29) is 11.9 Å². The van der Waals surface area contributed by atoms with Gasteiger partial charge in [-0.2, -0.15) is 0 Å². The smallest absolute Gasteiger partial charge is 0.312 e. The summed E-state index contributed by atoms with van der Waals surface area (Å²) >= 11 is 0. The minimum absolute atomic E-state index is 0.218. The number of carbonyl (C=O) groups is 1. The largest absolute Gasteiger partial charge is 0.494 e. The third-order valence-electron chi connectivity index (χ3n) is 2.70. The van der Waals surface area contributed by atoms with Gasteiger partial charge in [0, 0.05) is 0 Å². The first-order valence-electron chi connectivity index (χ1n) is 5.99. The maximum absolute atomic E-state index is 11.4. The number of hydrogen-bond donors (Lipinski definition) is 0. The molecular weight excluding hydrogens is 216 g/mol. The number of ether oxygens (including phenoxy) is 2. The van der Waals surface area contributed by atoms with Crippen LogP contribution in [-0.2, 0) is 9.53 Å². The van der Waals surface area contributed by atoms with E-state index >= 15 is 0 Å². The maximum Gasteiger partial charge on any atom is 0.312 e. The second kappa shape index (κ2) is 6.94. The second-order valence-corrected chi connectivity index (χ2v) is 4.02. The zero-order valence-corrected chi connectivity index (χ0v) is 10.7. The number of esters is 1. The number of benzene rings is 1. The maximum atomic E-state index is 11.4. The number of methoxy groups -OCH3 is 1. The Morgan fingerprint density at radius 1 is 1.29 bits per heavy atom. The molecule has 0 saturated carbocycles. The van der Waals surface area contributed by atoms with Crippen LogP contribution in [0.3, 0.4) is 0 Å². The Morgan fingerprint density at radius 3 is 2.47 bits per heavy atom. The molecule has 0 spiro atoms. The van der Waals surface area contributed by atoms with Crippen LogP contribution in [0.5, 0.6) is 5.75 Å². The third-order valence-corrected chi connectivity index (χ3v) is 2.70. The molecule has 0 amide bonds. The van der Waals surface area contributed by atoms with E-state index in [9.17, 15) is 4.79 Å². The molecule has 1 aromatic carbocycles. The number of unbranched alkanes of at least 4 members (excludes halogenated alkanes) is 1. The van der Waals surface area contributed by atoms with Crippen molar-refractivity contribution in [2.45, 2.75) is 32.6 Å². The van der Waals surface area contributed by atoms with Crippen LogP contribution in [0.4, 0.5) is 0 Å². The van der Waals surface area contributed by atoms with Gasteiger partial charge in [0.1, 0.15) is 5.75 Å². The van der Waals surface area contributed by atoms with Crippen molar-refractivity contribution >= 4 is 5.97 Å². The van der Waals surface area contributed by atoms with E-state index in [1.807, 2.05) is 31.2 Å². The summed E-state index contributed by atoms with van der Waals surface area (Å²) in [6, 6.07) is 7.60. The molecule has 0 radical (unpaired) electrons. The van der Waals surface area contributed by atoms with Crippen LogP contribution in [0.2, 0.25) is 0 Å². The summed E-state index contributed by atoms with van der Waals surface area (Å²) < 4.78 is 10.3. The molecule has 0 saturated heterocycles. The van der Waals surface area contributed by atoms with E-state index in [1.54, 1.807) is 0 Å².